The standard InChI is InChI=1S/C15H26N2/c1-11(2)17-7-6-16-10-15-9-13(4)12(3)8-14(15)5/h8-9,11,16-17H,6-7,10H2,1-5H3. The third-order valence-electron chi connectivity index (χ3n) is 3.12. The monoisotopic (exact) mass is 234 g/mol. The molecule has 2 nitrogen and oxygen atoms in total. The van der Waals surface area contributed by atoms with Crippen molar-refractivity contribution < 1.29 is 0 Å². The van der Waals surface area contributed by atoms with Gasteiger partial charge >= 0.3 is 0 Å². The Morgan fingerprint density at radius 3 is 2.24 bits per heavy atom. The topological polar surface area (TPSA) is 24.1 Å². The number of benzene rings is 1. The van der Waals surface area contributed by atoms with Gasteiger partial charge in [-0.15, -0.1) is 0 Å². The highest BCUT2D eigenvalue weighted by molar-refractivity contribution is 5.36. The summed E-state index contributed by atoms with van der Waals surface area (Å²) in [6, 6.07) is 5.15. The van der Waals surface area contributed by atoms with Crippen molar-refractivity contribution in [1.82, 2.24) is 10.6 Å². The zero-order valence-electron chi connectivity index (χ0n) is 11.9. The minimum atomic E-state index is 0.570. The maximum atomic E-state index is 3.48. The number of hydrogen-bond donors (Lipinski definition) is 2. The lowest BCUT2D eigenvalue weighted by Gasteiger charge is -2.12. The molecule has 1 aromatic rings. The summed E-state index contributed by atoms with van der Waals surface area (Å²) < 4.78 is 0. The molecule has 0 aliphatic heterocycles. The van der Waals surface area contributed by atoms with Crippen molar-refractivity contribution in [2.75, 3.05) is 13.1 Å². The fourth-order valence-corrected chi connectivity index (χ4v) is 1.88. The van der Waals surface area contributed by atoms with Crippen molar-refractivity contribution in [1.29, 1.82) is 0 Å². The first-order valence-corrected chi connectivity index (χ1v) is 6.51. The van der Waals surface area contributed by atoms with E-state index in [1.54, 1.807) is 0 Å². The molecule has 0 aromatic heterocycles. The van der Waals surface area contributed by atoms with Crippen molar-refractivity contribution in [3.05, 3.63) is 34.4 Å². The Hall–Kier alpha value is -0.860. The van der Waals surface area contributed by atoms with Gasteiger partial charge in [-0.2, -0.15) is 0 Å². The summed E-state index contributed by atoms with van der Waals surface area (Å²) in [5.41, 5.74) is 5.57. The van der Waals surface area contributed by atoms with Crippen LogP contribution in [0, 0.1) is 20.8 Å². The molecule has 0 saturated heterocycles. The third kappa shape index (κ3) is 4.88. The van der Waals surface area contributed by atoms with Gasteiger partial charge in [0.05, 0.1) is 0 Å². The van der Waals surface area contributed by atoms with Crippen molar-refractivity contribution in [2.24, 2.45) is 0 Å². The maximum Gasteiger partial charge on any atom is 0.0208 e. The summed E-state index contributed by atoms with van der Waals surface area (Å²) >= 11 is 0. The average Bonchev–Trinajstić information content (AvgIpc) is 2.24. The Morgan fingerprint density at radius 2 is 1.59 bits per heavy atom. The van der Waals surface area contributed by atoms with Crippen LogP contribution in [0.3, 0.4) is 0 Å². The van der Waals surface area contributed by atoms with E-state index in [1.165, 1.54) is 22.3 Å². The lowest BCUT2D eigenvalue weighted by Crippen LogP contribution is -2.31. The van der Waals surface area contributed by atoms with E-state index < -0.39 is 0 Å². The average molecular weight is 234 g/mol. The first-order valence-electron chi connectivity index (χ1n) is 6.51. The molecule has 0 aliphatic rings. The van der Waals surface area contributed by atoms with Gasteiger partial charge in [-0.1, -0.05) is 26.0 Å². The molecule has 0 aliphatic carbocycles. The SMILES string of the molecule is Cc1cc(C)c(CNCCNC(C)C)cc1C. The van der Waals surface area contributed by atoms with Gasteiger partial charge in [0, 0.05) is 25.7 Å². The fourth-order valence-electron chi connectivity index (χ4n) is 1.88. The van der Waals surface area contributed by atoms with Crippen LogP contribution in [0.15, 0.2) is 12.1 Å². The first kappa shape index (κ1) is 14.2. The highest BCUT2D eigenvalue weighted by Crippen LogP contribution is 2.14. The van der Waals surface area contributed by atoms with Crippen LogP contribution in [-0.4, -0.2) is 19.1 Å². The Kier molecular flexibility index (Phi) is 5.66. The third-order valence-corrected chi connectivity index (χ3v) is 3.12. The number of hydrogen-bond acceptors (Lipinski definition) is 2. The molecule has 2 N–H and O–H groups in total. The molecule has 2 heteroatoms. The van der Waals surface area contributed by atoms with Crippen LogP contribution in [0.2, 0.25) is 0 Å². The highest BCUT2D eigenvalue weighted by atomic mass is 15.0. The summed E-state index contributed by atoms with van der Waals surface area (Å²) in [4.78, 5) is 0. The van der Waals surface area contributed by atoms with E-state index in [0.717, 1.165) is 19.6 Å². The fraction of sp³-hybridized carbons (Fsp3) is 0.600. The molecule has 1 rings (SSSR count). The molecule has 96 valence electrons. The summed E-state index contributed by atoms with van der Waals surface area (Å²) in [6.45, 7) is 13.9. The molecule has 0 unspecified atom stereocenters. The Labute approximate surface area is 106 Å². The Balaban J connectivity index is 2.39. The zero-order chi connectivity index (χ0) is 12.8. The second-order valence-electron chi connectivity index (χ2n) is 5.15. The van der Waals surface area contributed by atoms with Crippen LogP contribution in [0.4, 0.5) is 0 Å². The molecule has 0 spiro atoms. The summed E-state index contributed by atoms with van der Waals surface area (Å²) in [5, 5.41) is 6.89. The molecule has 0 amide bonds. The van der Waals surface area contributed by atoms with Crippen molar-refractivity contribution in [2.45, 2.75) is 47.2 Å². The number of nitrogens with one attached hydrogen (secondary N) is 2. The maximum absolute atomic E-state index is 3.48. The molecule has 0 heterocycles. The largest absolute Gasteiger partial charge is 0.313 e. The van der Waals surface area contributed by atoms with E-state index in [9.17, 15) is 0 Å². The molecular formula is C15H26N2. The molecule has 0 atom stereocenters. The quantitative estimate of drug-likeness (QED) is 0.740. The molecular weight excluding hydrogens is 208 g/mol. The minimum Gasteiger partial charge on any atom is -0.313 e. The van der Waals surface area contributed by atoms with E-state index in [1.807, 2.05) is 0 Å². The van der Waals surface area contributed by atoms with Crippen LogP contribution in [0.1, 0.15) is 36.1 Å². The van der Waals surface area contributed by atoms with Gasteiger partial charge in [0.2, 0.25) is 0 Å². The molecule has 17 heavy (non-hydrogen) atoms. The van der Waals surface area contributed by atoms with E-state index in [4.69, 9.17) is 0 Å². The van der Waals surface area contributed by atoms with E-state index in [-0.39, 0.29) is 0 Å². The Morgan fingerprint density at radius 1 is 0.941 bits per heavy atom. The van der Waals surface area contributed by atoms with Crippen LogP contribution >= 0.6 is 0 Å². The molecule has 0 saturated carbocycles. The van der Waals surface area contributed by atoms with Crippen molar-refractivity contribution >= 4 is 0 Å². The second-order valence-corrected chi connectivity index (χ2v) is 5.15. The van der Waals surface area contributed by atoms with E-state index >= 15 is 0 Å². The van der Waals surface area contributed by atoms with Crippen LogP contribution < -0.4 is 10.6 Å². The predicted molar refractivity (Wildman–Crippen MR) is 75.5 cm³/mol. The Bertz CT molecular complexity index is 356. The normalized spacial score (nSPS) is 11.2. The molecule has 0 radical (unpaired) electrons. The highest BCUT2D eigenvalue weighted by Gasteiger charge is 2.01. The molecule has 1 aromatic carbocycles. The lowest BCUT2D eigenvalue weighted by molar-refractivity contribution is 0.555. The van der Waals surface area contributed by atoms with E-state index in [0.29, 0.717) is 6.04 Å². The smallest absolute Gasteiger partial charge is 0.0208 e. The van der Waals surface area contributed by atoms with Crippen LogP contribution in [0.5, 0.6) is 0 Å². The van der Waals surface area contributed by atoms with Gasteiger partial charge in [0.1, 0.15) is 0 Å². The van der Waals surface area contributed by atoms with Gasteiger partial charge < -0.3 is 10.6 Å². The zero-order valence-corrected chi connectivity index (χ0v) is 11.9. The van der Waals surface area contributed by atoms with Crippen molar-refractivity contribution in [3.63, 3.8) is 0 Å². The van der Waals surface area contributed by atoms with Crippen LogP contribution in [-0.2, 0) is 6.54 Å². The minimum absolute atomic E-state index is 0.570. The first-order chi connectivity index (χ1) is 8.00. The van der Waals surface area contributed by atoms with Gasteiger partial charge in [-0.25, -0.2) is 0 Å². The second kappa shape index (κ2) is 6.77. The summed E-state index contributed by atoms with van der Waals surface area (Å²) in [6.07, 6.45) is 0. The van der Waals surface area contributed by atoms with Crippen LogP contribution in [0.25, 0.3) is 0 Å². The number of aryl methyl sites for hydroxylation is 3. The van der Waals surface area contributed by atoms with Gasteiger partial charge in [-0.3, -0.25) is 0 Å². The van der Waals surface area contributed by atoms with Gasteiger partial charge in [-0.05, 0) is 43.0 Å². The van der Waals surface area contributed by atoms with E-state index in [2.05, 4.69) is 57.4 Å². The van der Waals surface area contributed by atoms with Gasteiger partial charge in [0.25, 0.3) is 0 Å². The molecule has 0 bridgehead atoms. The lowest BCUT2D eigenvalue weighted by atomic mass is 10.0. The molecule has 0 fully saturated rings. The van der Waals surface area contributed by atoms with Crippen molar-refractivity contribution in [3.8, 4) is 0 Å². The summed E-state index contributed by atoms with van der Waals surface area (Å²) in [7, 11) is 0. The predicted octanol–water partition coefficient (Wildman–Crippen LogP) is 2.70. The summed E-state index contributed by atoms with van der Waals surface area (Å²) in [5.74, 6) is 0. The number of rotatable bonds is 6. The van der Waals surface area contributed by atoms with Gasteiger partial charge in [0.15, 0.2) is 0 Å².